The van der Waals surface area contributed by atoms with Crippen LogP contribution in [0.25, 0.3) is 0 Å². The molecule has 0 saturated heterocycles. The van der Waals surface area contributed by atoms with E-state index in [-0.39, 0.29) is 5.91 Å². The van der Waals surface area contributed by atoms with Gasteiger partial charge in [0.15, 0.2) is 0 Å². The van der Waals surface area contributed by atoms with Gasteiger partial charge in [-0.1, -0.05) is 30.3 Å². The van der Waals surface area contributed by atoms with Crippen molar-refractivity contribution in [2.45, 2.75) is 19.9 Å². The molecular weight excluding hydrogens is 314 g/mol. The number of carbonyl (C=O) groups is 1. The SMILES string of the molecule is CCN(Cc1ccccc1)C(=O)c1ccnc(NCCCN(C)C)n1. The van der Waals surface area contributed by atoms with Gasteiger partial charge in [0.05, 0.1) is 0 Å². The van der Waals surface area contributed by atoms with Gasteiger partial charge in [-0.25, -0.2) is 9.97 Å². The lowest BCUT2D eigenvalue weighted by atomic mass is 10.2. The normalized spacial score (nSPS) is 10.7. The first-order chi connectivity index (χ1) is 12.1. The van der Waals surface area contributed by atoms with Gasteiger partial charge in [-0.3, -0.25) is 4.79 Å². The van der Waals surface area contributed by atoms with Crippen LogP contribution >= 0.6 is 0 Å². The smallest absolute Gasteiger partial charge is 0.272 e. The van der Waals surface area contributed by atoms with E-state index in [4.69, 9.17) is 0 Å². The summed E-state index contributed by atoms with van der Waals surface area (Å²) in [5.41, 5.74) is 1.52. The second kappa shape index (κ2) is 9.74. The number of aromatic nitrogens is 2. The van der Waals surface area contributed by atoms with Gasteiger partial charge in [0.1, 0.15) is 5.69 Å². The summed E-state index contributed by atoms with van der Waals surface area (Å²) in [7, 11) is 4.09. The van der Waals surface area contributed by atoms with Crippen molar-refractivity contribution in [1.29, 1.82) is 0 Å². The molecule has 0 spiro atoms. The summed E-state index contributed by atoms with van der Waals surface area (Å²) in [4.78, 5) is 25.2. The van der Waals surface area contributed by atoms with Gasteiger partial charge in [-0.05, 0) is 45.6 Å². The number of hydrogen-bond acceptors (Lipinski definition) is 5. The quantitative estimate of drug-likeness (QED) is 0.710. The van der Waals surface area contributed by atoms with E-state index in [1.165, 1.54) is 0 Å². The molecule has 1 aromatic carbocycles. The molecule has 2 aromatic rings. The minimum absolute atomic E-state index is 0.0786. The molecule has 134 valence electrons. The fourth-order valence-electron chi connectivity index (χ4n) is 2.45. The monoisotopic (exact) mass is 341 g/mol. The Bertz CT molecular complexity index is 660. The maximum Gasteiger partial charge on any atom is 0.272 e. The molecule has 1 N–H and O–H groups in total. The Labute approximate surface area is 149 Å². The van der Waals surface area contributed by atoms with Gasteiger partial charge in [0, 0.05) is 25.8 Å². The zero-order chi connectivity index (χ0) is 18.1. The van der Waals surface area contributed by atoms with Crippen molar-refractivity contribution in [3.63, 3.8) is 0 Å². The average Bonchev–Trinajstić information content (AvgIpc) is 2.63. The third kappa shape index (κ3) is 6.15. The van der Waals surface area contributed by atoms with Crippen LogP contribution < -0.4 is 5.32 Å². The fraction of sp³-hybridized carbons (Fsp3) is 0.421. The van der Waals surface area contributed by atoms with E-state index in [0.29, 0.717) is 24.7 Å². The molecule has 6 heteroatoms. The summed E-state index contributed by atoms with van der Waals surface area (Å²) in [6, 6.07) is 11.6. The summed E-state index contributed by atoms with van der Waals surface area (Å²) >= 11 is 0. The van der Waals surface area contributed by atoms with Gasteiger partial charge >= 0.3 is 0 Å². The summed E-state index contributed by atoms with van der Waals surface area (Å²) in [6.07, 6.45) is 2.62. The van der Waals surface area contributed by atoms with Crippen LogP contribution in [-0.4, -0.2) is 59.4 Å². The minimum atomic E-state index is -0.0786. The van der Waals surface area contributed by atoms with E-state index in [1.54, 1.807) is 17.2 Å². The molecule has 6 nitrogen and oxygen atoms in total. The molecule has 0 aliphatic rings. The standard InChI is InChI=1S/C19H27N5O/c1-4-24(15-16-9-6-5-7-10-16)18(25)17-11-13-21-19(22-17)20-12-8-14-23(2)3/h5-7,9-11,13H,4,8,12,14-15H2,1-3H3,(H,20,21,22). The highest BCUT2D eigenvalue weighted by Gasteiger charge is 2.16. The lowest BCUT2D eigenvalue weighted by Crippen LogP contribution is -2.31. The predicted molar refractivity (Wildman–Crippen MR) is 101 cm³/mol. The van der Waals surface area contributed by atoms with Gasteiger partial charge in [0.2, 0.25) is 5.95 Å². The van der Waals surface area contributed by atoms with Crippen LogP contribution in [0.5, 0.6) is 0 Å². The molecule has 1 amide bonds. The largest absolute Gasteiger partial charge is 0.354 e. The number of nitrogens with one attached hydrogen (secondary N) is 1. The Morgan fingerprint density at radius 2 is 1.92 bits per heavy atom. The first-order valence-corrected chi connectivity index (χ1v) is 8.65. The van der Waals surface area contributed by atoms with Crippen molar-refractivity contribution < 1.29 is 4.79 Å². The van der Waals surface area contributed by atoms with Crippen LogP contribution in [0.3, 0.4) is 0 Å². The summed E-state index contributed by atoms with van der Waals surface area (Å²) < 4.78 is 0. The van der Waals surface area contributed by atoms with Crippen LogP contribution in [0.4, 0.5) is 5.95 Å². The topological polar surface area (TPSA) is 61.4 Å². The van der Waals surface area contributed by atoms with Crippen molar-refractivity contribution in [2.24, 2.45) is 0 Å². The van der Waals surface area contributed by atoms with E-state index >= 15 is 0 Å². The number of carbonyl (C=O) groups excluding carboxylic acids is 1. The summed E-state index contributed by atoms with van der Waals surface area (Å²) in [5.74, 6) is 0.422. The molecule has 2 rings (SSSR count). The molecule has 0 atom stereocenters. The van der Waals surface area contributed by atoms with Gasteiger partial charge in [-0.15, -0.1) is 0 Å². The predicted octanol–water partition coefficient (Wildman–Crippen LogP) is 2.50. The number of anilines is 1. The van der Waals surface area contributed by atoms with Crippen LogP contribution in [-0.2, 0) is 6.54 Å². The maximum atomic E-state index is 12.8. The molecule has 0 radical (unpaired) electrons. The molecule has 0 aliphatic carbocycles. The molecule has 1 heterocycles. The van der Waals surface area contributed by atoms with Crippen molar-refractivity contribution >= 4 is 11.9 Å². The van der Waals surface area contributed by atoms with E-state index in [1.807, 2.05) is 51.4 Å². The first kappa shape index (κ1) is 18.9. The maximum absolute atomic E-state index is 12.8. The van der Waals surface area contributed by atoms with Crippen molar-refractivity contribution in [3.8, 4) is 0 Å². The van der Waals surface area contributed by atoms with E-state index in [9.17, 15) is 4.79 Å². The van der Waals surface area contributed by atoms with Gasteiger partial charge in [-0.2, -0.15) is 0 Å². The first-order valence-electron chi connectivity index (χ1n) is 8.65. The Kier molecular flexibility index (Phi) is 7.35. The van der Waals surface area contributed by atoms with E-state index in [2.05, 4.69) is 20.2 Å². The molecule has 0 bridgehead atoms. The molecule has 0 unspecified atom stereocenters. The van der Waals surface area contributed by atoms with Gasteiger partial charge < -0.3 is 15.1 Å². The Hall–Kier alpha value is -2.47. The third-order valence-corrected chi connectivity index (χ3v) is 3.83. The summed E-state index contributed by atoms with van der Waals surface area (Å²) in [5, 5.41) is 3.18. The van der Waals surface area contributed by atoms with Crippen LogP contribution in [0.15, 0.2) is 42.6 Å². The highest BCUT2D eigenvalue weighted by Crippen LogP contribution is 2.09. The molecule has 0 fully saturated rings. The highest BCUT2D eigenvalue weighted by atomic mass is 16.2. The van der Waals surface area contributed by atoms with Crippen LogP contribution in [0.2, 0.25) is 0 Å². The number of rotatable bonds is 9. The molecular formula is C19H27N5O. The van der Waals surface area contributed by atoms with Crippen molar-refractivity contribution in [2.75, 3.05) is 39.0 Å². The van der Waals surface area contributed by atoms with Gasteiger partial charge in [0.25, 0.3) is 5.91 Å². The lowest BCUT2D eigenvalue weighted by Gasteiger charge is -2.20. The lowest BCUT2D eigenvalue weighted by molar-refractivity contribution is 0.0746. The Morgan fingerprint density at radius 1 is 1.16 bits per heavy atom. The van der Waals surface area contributed by atoms with E-state index in [0.717, 1.165) is 25.1 Å². The zero-order valence-electron chi connectivity index (χ0n) is 15.3. The summed E-state index contributed by atoms with van der Waals surface area (Å²) in [6.45, 7) is 4.95. The molecule has 0 aliphatic heterocycles. The van der Waals surface area contributed by atoms with Crippen molar-refractivity contribution in [1.82, 2.24) is 19.8 Å². The van der Waals surface area contributed by atoms with Crippen LogP contribution in [0.1, 0.15) is 29.4 Å². The Balaban J connectivity index is 1.98. The fourth-order valence-corrected chi connectivity index (χ4v) is 2.45. The number of nitrogens with zero attached hydrogens (tertiary/aromatic N) is 4. The number of hydrogen-bond donors (Lipinski definition) is 1. The molecule has 1 aromatic heterocycles. The second-order valence-electron chi connectivity index (χ2n) is 6.15. The number of amides is 1. The van der Waals surface area contributed by atoms with E-state index < -0.39 is 0 Å². The average molecular weight is 341 g/mol. The number of benzene rings is 1. The van der Waals surface area contributed by atoms with Crippen molar-refractivity contribution in [3.05, 3.63) is 53.9 Å². The molecule has 0 saturated carbocycles. The zero-order valence-corrected chi connectivity index (χ0v) is 15.3. The second-order valence-corrected chi connectivity index (χ2v) is 6.15. The van der Waals surface area contributed by atoms with Crippen LogP contribution in [0, 0.1) is 0 Å². The minimum Gasteiger partial charge on any atom is -0.354 e. The Morgan fingerprint density at radius 3 is 2.60 bits per heavy atom. The third-order valence-electron chi connectivity index (χ3n) is 3.83. The highest BCUT2D eigenvalue weighted by molar-refractivity contribution is 5.92. The molecule has 25 heavy (non-hydrogen) atoms.